The average molecular weight is 870 g/mol. The van der Waals surface area contributed by atoms with Crippen molar-refractivity contribution < 1.29 is 45.0 Å². The number of carbonyl (C=O) groups is 1. The van der Waals surface area contributed by atoms with E-state index in [1.165, 1.54) is 13.0 Å². The Hall–Kier alpha value is -5.12. The molecule has 16 heteroatoms. The SMILES string of the molecule is CCC1Cc2c(nc(S(C)(=O)=O)nc2N2CCN(C(=O)OC(C)(C)C)C[C@@H]2C)CC1c1c(F)c(N(Cc2ccc(OC)cc2)Cc2ccc(OC)cc2)cc(C)c1C(F)(F)F. The summed E-state index contributed by atoms with van der Waals surface area (Å²) in [6.07, 6.45) is -3.99. The summed E-state index contributed by atoms with van der Waals surface area (Å²) in [6, 6.07) is 15.3. The van der Waals surface area contributed by atoms with Gasteiger partial charge in [-0.05, 0) is 106 Å². The molecule has 1 aliphatic heterocycles. The molecule has 3 atom stereocenters. The lowest BCUT2D eigenvalue weighted by Gasteiger charge is -2.43. The van der Waals surface area contributed by atoms with E-state index in [9.17, 15) is 13.2 Å². The van der Waals surface area contributed by atoms with Crippen LogP contribution in [0.15, 0.2) is 59.8 Å². The molecule has 0 bridgehead atoms. The predicted molar refractivity (Wildman–Crippen MR) is 226 cm³/mol. The maximum Gasteiger partial charge on any atom is 0.417 e. The van der Waals surface area contributed by atoms with E-state index in [2.05, 4.69) is 9.97 Å². The highest BCUT2D eigenvalue weighted by molar-refractivity contribution is 7.90. The first-order valence-electron chi connectivity index (χ1n) is 20.4. The van der Waals surface area contributed by atoms with Gasteiger partial charge in [0.15, 0.2) is 5.82 Å². The lowest BCUT2D eigenvalue weighted by Crippen LogP contribution is -2.55. The van der Waals surface area contributed by atoms with E-state index in [0.29, 0.717) is 35.8 Å². The summed E-state index contributed by atoms with van der Waals surface area (Å²) in [7, 11) is -0.911. The van der Waals surface area contributed by atoms with Crippen LogP contribution in [0.3, 0.4) is 0 Å². The molecule has 1 fully saturated rings. The van der Waals surface area contributed by atoms with E-state index < -0.39 is 61.6 Å². The molecule has 1 aromatic heterocycles. The van der Waals surface area contributed by atoms with Crippen LogP contribution in [0.1, 0.15) is 86.0 Å². The fourth-order valence-corrected chi connectivity index (χ4v) is 9.00. The molecule has 330 valence electrons. The van der Waals surface area contributed by atoms with Crippen molar-refractivity contribution in [2.45, 2.75) is 103 Å². The number of rotatable bonds is 11. The van der Waals surface area contributed by atoms with Crippen molar-refractivity contribution in [2.24, 2.45) is 5.92 Å². The normalized spacial score (nSPS) is 18.4. The highest BCUT2D eigenvalue weighted by Crippen LogP contribution is 2.49. The number of methoxy groups -OCH3 is 2. The Labute approximate surface area is 355 Å². The van der Waals surface area contributed by atoms with E-state index in [-0.39, 0.29) is 62.0 Å². The first-order valence-corrected chi connectivity index (χ1v) is 22.3. The van der Waals surface area contributed by atoms with Gasteiger partial charge >= 0.3 is 12.3 Å². The van der Waals surface area contributed by atoms with Crippen LogP contribution in [-0.4, -0.2) is 81.1 Å². The summed E-state index contributed by atoms with van der Waals surface area (Å²) in [6.45, 7) is 11.6. The number of aromatic nitrogens is 2. The van der Waals surface area contributed by atoms with Gasteiger partial charge < -0.3 is 28.9 Å². The molecule has 2 unspecified atom stereocenters. The number of carbonyl (C=O) groups excluding carboxylic acids is 1. The molecule has 61 heavy (non-hydrogen) atoms. The smallest absolute Gasteiger partial charge is 0.417 e. The van der Waals surface area contributed by atoms with Gasteiger partial charge in [0.1, 0.15) is 22.9 Å². The maximum absolute atomic E-state index is 17.7. The number of hydrogen-bond donors (Lipinski definition) is 0. The van der Waals surface area contributed by atoms with E-state index in [0.717, 1.165) is 17.4 Å². The second-order valence-corrected chi connectivity index (χ2v) is 19.0. The van der Waals surface area contributed by atoms with Crippen LogP contribution in [0.4, 0.5) is 33.9 Å². The molecule has 3 aromatic carbocycles. The number of piperazine rings is 1. The number of sulfone groups is 1. The van der Waals surface area contributed by atoms with Crippen molar-refractivity contribution in [3.8, 4) is 11.5 Å². The third kappa shape index (κ3) is 10.2. The van der Waals surface area contributed by atoms with Gasteiger partial charge in [-0.25, -0.2) is 27.6 Å². The third-order valence-electron chi connectivity index (χ3n) is 11.4. The van der Waals surface area contributed by atoms with Gasteiger partial charge in [0.25, 0.3) is 0 Å². The van der Waals surface area contributed by atoms with Crippen LogP contribution in [0.5, 0.6) is 11.5 Å². The molecule has 1 saturated heterocycles. The molecule has 4 aromatic rings. The average Bonchev–Trinajstić information content (AvgIpc) is 3.19. The summed E-state index contributed by atoms with van der Waals surface area (Å²) in [5, 5.41) is -0.469. The number of benzene rings is 3. The molecule has 1 amide bonds. The van der Waals surface area contributed by atoms with Gasteiger partial charge in [0.2, 0.25) is 15.0 Å². The maximum atomic E-state index is 17.7. The van der Waals surface area contributed by atoms with Gasteiger partial charge in [-0.15, -0.1) is 0 Å². The minimum atomic E-state index is -4.91. The number of nitrogens with zero attached hydrogens (tertiary/aromatic N) is 5. The number of alkyl halides is 3. The Bertz CT molecular complexity index is 2290. The number of amides is 1. The molecule has 0 radical (unpaired) electrons. The Morgan fingerprint density at radius 2 is 1.49 bits per heavy atom. The van der Waals surface area contributed by atoms with Gasteiger partial charge in [-0.1, -0.05) is 37.6 Å². The van der Waals surface area contributed by atoms with Crippen molar-refractivity contribution >= 4 is 27.4 Å². The Morgan fingerprint density at radius 1 is 0.918 bits per heavy atom. The summed E-state index contributed by atoms with van der Waals surface area (Å²) in [4.78, 5) is 27.3. The van der Waals surface area contributed by atoms with Gasteiger partial charge in [0, 0.05) is 56.1 Å². The van der Waals surface area contributed by atoms with Crippen LogP contribution in [0, 0.1) is 18.7 Å². The Kier molecular flexibility index (Phi) is 13.2. The fraction of sp³-hybridized carbons (Fsp3) is 0.489. The van der Waals surface area contributed by atoms with Crippen LogP contribution in [0.2, 0.25) is 0 Å². The Morgan fingerprint density at radius 3 is 1.97 bits per heavy atom. The van der Waals surface area contributed by atoms with Crippen molar-refractivity contribution in [3.63, 3.8) is 0 Å². The zero-order chi connectivity index (χ0) is 44.6. The largest absolute Gasteiger partial charge is 0.497 e. The number of ether oxygens (including phenoxy) is 3. The Balaban J connectivity index is 1.47. The zero-order valence-electron chi connectivity index (χ0n) is 36.2. The standard InChI is InChI=1S/C45H55F4N5O6S/c1-10-31-22-35-36(50-42(61(9,56)57)51-41(35)54-20-19-52(24-28(54)3)43(55)60-44(4,5)6)23-34(31)38-39(45(47,48)49)27(2)21-37(40(38)46)53(25-29-11-15-32(58-7)16-12-29)26-30-13-17-33(59-8)18-14-30/h11-18,21,28,31,34H,10,19-20,22-26H2,1-9H3/t28-,31?,34?/m0/s1. The lowest BCUT2D eigenvalue weighted by molar-refractivity contribution is -0.139. The molecule has 1 aliphatic carbocycles. The molecule has 0 N–H and O–H groups in total. The van der Waals surface area contributed by atoms with Crippen molar-refractivity contribution in [1.82, 2.24) is 14.9 Å². The van der Waals surface area contributed by atoms with E-state index in [1.807, 2.05) is 43.0 Å². The molecular formula is C45H55F4N5O6S. The number of anilines is 2. The topological polar surface area (TPSA) is 114 Å². The first kappa shape index (κ1) is 45.4. The van der Waals surface area contributed by atoms with Crippen molar-refractivity contribution in [1.29, 1.82) is 0 Å². The van der Waals surface area contributed by atoms with Crippen LogP contribution < -0.4 is 19.3 Å². The highest BCUT2D eigenvalue weighted by Gasteiger charge is 2.45. The zero-order valence-corrected chi connectivity index (χ0v) is 37.0. The molecule has 2 heterocycles. The molecule has 0 spiro atoms. The monoisotopic (exact) mass is 869 g/mol. The second kappa shape index (κ2) is 17.7. The summed E-state index contributed by atoms with van der Waals surface area (Å²) in [5.74, 6) is -0.916. The van der Waals surface area contributed by atoms with E-state index in [1.54, 1.807) is 69.1 Å². The number of hydrogen-bond acceptors (Lipinski definition) is 10. The van der Waals surface area contributed by atoms with Gasteiger partial charge in [-0.3, -0.25) is 0 Å². The third-order valence-corrected chi connectivity index (χ3v) is 12.3. The first-order chi connectivity index (χ1) is 28.6. The summed E-state index contributed by atoms with van der Waals surface area (Å²) in [5.41, 5.74) is 0.0913. The van der Waals surface area contributed by atoms with Gasteiger partial charge in [-0.2, -0.15) is 13.2 Å². The summed E-state index contributed by atoms with van der Waals surface area (Å²) < 4.78 is 106. The minimum Gasteiger partial charge on any atom is -0.497 e. The molecule has 0 saturated carbocycles. The van der Waals surface area contributed by atoms with Crippen molar-refractivity contribution in [2.75, 3.05) is 49.9 Å². The van der Waals surface area contributed by atoms with E-state index >= 15 is 17.6 Å². The minimum absolute atomic E-state index is 0.00432. The number of aryl methyl sites for hydroxylation is 1. The van der Waals surface area contributed by atoms with E-state index in [4.69, 9.17) is 14.2 Å². The fourth-order valence-electron chi connectivity index (χ4n) is 8.47. The van der Waals surface area contributed by atoms with Gasteiger partial charge in [0.05, 0.1) is 31.2 Å². The number of fused-ring (bicyclic) bond motifs is 1. The van der Waals surface area contributed by atoms with Crippen LogP contribution in [-0.2, 0) is 46.7 Å². The molecule has 11 nitrogen and oxygen atoms in total. The summed E-state index contributed by atoms with van der Waals surface area (Å²) >= 11 is 0. The second-order valence-electron chi connectivity index (χ2n) is 17.0. The van der Waals surface area contributed by atoms with Crippen molar-refractivity contribution in [3.05, 3.63) is 99.5 Å². The predicted octanol–water partition coefficient (Wildman–Crippen LogP) is 8.92. The van der Waals surface area contributed by atoms with Crippen LogP contribution in [0.25, 0.3) is 0 Å². The van der Waals surface area contributed by atoms with Crippen LogP contribution >= 0.6 is 0 Å². The number of halogens is 4. The molecular weight excluding hydrogens is 815 g/mol. The molecule has 6 rings (SSSR count). The highest BCUT2D eigenvalue weighted by atomic mass is 32.2. The quantitative estimate of drug-likeness (QED) is 0.107. The molecule has 2 aliphatic rings. The lowest BCUT2D eigenvalue weighted by atomic mass is 9.71.